The van der Waals surface area contributed by atoms with E-state index in [0.717, 1.165) is 55.0 Å². The van der Waals surface area contributed by atoms with E-state index in [0.29, 0.717) is 9.92 Å². The first-order valence-electron chi connectivity index (χ1n) is 12.2. The summed E-state index contributed by atoms with van der Waals surface area (Å²) < 4.78 is 28.3. The molecule has 1 atom stereocenters. The third kappa shape index (κ3) is 2.86. The number of nitrogens with zero attached hydrogens (tertiary/aromatic N) is 2. The van der Waals surface area contributed by atoms with E-state index in [1.54, 1.807) is 0 Å². The molecular formula is C32H20N2O2S. The number of hydrogen-bond acceptors (Lipinski definition) is 3. The lowest BCUT2D eigenvalue weighted by atomic mass is 10.1. The molecule has 5 aromatic carbocycles. The molecule has 0 spiro atoms. The average molecular weight is 497 g/mol. The number of aromatic nitrogens is 1. The molecule has 1 aliphatic rings. The molecule has 1 unspecified atom stereocenters. The molecule has 2 aromatic heterocycles. The molecule has 176 valence electrons. The van der Waals surface area contributed by atoms with Crippen molar-refractivity contribution in [3.63, 3.8) is 0 Å². The van der Waals surface area contributed by atoms with Gasteiger partial charge in [0.1, 0.15) is 25.9 Å². The molecule has 0 aliphatic carbocycles. The largest absolute Gasteiger partial charge is 0.456 e. The average Bonchev–Trinajstić information content (AvgIpc) is 3.47. The summed E-state index contributed by atoms with van der Waals surface area (Å²) in [6.07, 6.45) is 2.03. The first kappa shape index (κ1) is 20.6. The summed E-state index contributed by atoms with van der Waals surface area (Å²) in [5.41, 5.74) is 5.27. The third-order valence-corrected chi connectivity index (χ3v) is 9.41. The van der Waals surface area contributed by atoms with Gasteiger partial charge in [-0.05, 0) is 42.5 Å². The molecule has 1 aliphatic heterocycles. The van der Waals surface area contributed by atoms with Crippen molar-refractivity contribution in [3.05, 3.63) is 121 Å². The van der Waals surface area contributed by atoms with E-state index in [1.165, 1.54) is 0 Å². The Balaban J connectivity index is 1.54. The molecule has 0 amide bonds. The first-order valence-corrected chi connectivity index (χ1v) is 13.7. The van der Waals surface area contributed by atoms with Gasteiger partial charge >= 0.3 is 0 Å². The quantitative estimate of drug-likeness (QED) is 0.240. The molecule has 3 heterocycles. The topological polar surface area (TPSA) is 47.5 Å². The summed E-state index contributed by atoms with van der Waals surface area (Å²) in [5.74, 6) is 0. The molecule has 37 heavy (non-hydrogen) atoms. The van der Waals surface area contributed by atoms with E-state index in [9.17, 15) is 0 Å². The van der Waals surface area contributed by atoms with Gasteiger partial charge in [-0.2, -0.15) is 4.36 Å². The molecule has 4 nitrogen and oxygen atoms in total. The lowest BCUT2D eigenvalue weighted by Crippen LogP contribution is -2.12. The first-order chi connectivity index (χ1) is 18.2. The lowest BCUT2D eigenvalue weighted by Gasteiger charge is -2.22. The van der Waals surface area contributed by atoms with Gasteiger partial charge in [0.2, 0.25) is 0 Å². The highest BCUT2D eigenvalue weighted by molar-refractivity contribution is 8.02. The van der Waals surface area contributed by atoms with Crippen LogP contribution in [0.15, 0.2) is 129 Å². The van der Waals surface area contributed by atoms with E-state index in [-0.39, 0.29) is 0 Å². The van der Waals surface area contributed by atoms with Gasteiger partial charge in [-0.25, -0.2) is 4.21 Å². The minimum atomic E-state index is -2.99. The second-order valence-corrected chi connectivity index (χ2v) is 11.4. The van der Waals surface area contributed by atoms with Gasteiger partial charge in [0.05, 0.1) is 21.6 Å². The molecule has 0 N–H and O–H groups in total. The highest BCUT2D eigenvalue weighted by Gasteiger charge is 2.28. The van der Waals surface area contributed by atoms with E-state index in [4.69, 9.17) is 8.78 Å². The molecule has 0 bridgehead atoms. The van der Waals surface area contributed by atoms with E-state index in [1.807, 2.05) is 91.0 Å². The summed E-state index contributed by atoms with van der Waals surface area (Å²) in [6.45, 7) is 0. The maximum atomic E-state index is 15.0. The normalized spacial score (nSPS) is 17.2. The Kier molecular flexibility index (Phi) is 4.14. The van der Waals surface area contributed by atoms with Crippen LogP contribution in [-0.4, -0.2) is 8.78 Å². The van der Waals surface area contributed by atoms with Crippen LogP contribution in [-0.2, 0) is 9.73 Å². The SMILES string of the molecule is O=S1(c2ccccc2)=Nc2ccccc2C=C1n1c2ccccc2c2cc3c(cc21)oc1ccccc13. The van der Waals surface area contributed by atoms with Crippen LogP contribution in [0.5, 0.6) is 0 Å². The highest BCUT2D eigenvalue weighted by atomic mass is 32.2. The van der Waals surface area contributed by atoms with Crippen LogP contribution in [0.25, 0.3) is 54.8 Å². The summed E-state index contributed by atoms with van der Waals surface area (Å²) in [4.78, 5) is 0.687. The van der Waals surface area contributed by atoms with Crippen LogP contribution >= 0.6 is 0 Å². The monoisotopic (exact) mass is 496 g/mol. The number of furan rings is 1. The zero-order valence-corrected chi connectivity index (χ0v) is 20.5. The predicted molar refractivity (Wildman–Crippen MR) is 152 cm³/mol. The molecule has 8 rings (SSSR count). The van der Waals surface area contributed by atoms with Gasteiger partial charge < -0.3 is 8.98 Å². The Morgan fingerprint density at radius 1 is 0.622 bits per heavy atom. The number of para-hydroxylation sites is 2. The fourth-order valence-corrected chi connectivity index (χ4v) is 7.62. The minimum absolute atomic E-state index is 0.652. The van der Waals surface area contributed by atoms with Gasteiger partial charge in [0, 0.05) is 33.2 Å². The number of benzene rings is 5. The zero-order chi connectivity index (χ0) is 24.6. The number of fused-ring (bicyclic) bond motifs is 7. The van der Waals surface area contributed by atoms with E-state index in [2.05, 4.69) is 34.9 Å². The molecule has 0 radical (unpaired) electrons. The number of hydrogen-bond donors (Lipinski definition) is 0. The summed E-state index contributed by atoms with van der Waals surface area (Å²) in [7, 11) is -2.99. The fraction of sp³-hybridized carbons (Fsp3) is 0. The smallest absolute Gasteiger partial charge is 0.137 e. The van der Waals surface area contributed by atoms with Crippen molar-refractivity contribution in [1.29, 1.82) is 0 Å². The Morgan fingerprint density at radius 3 is 2.24 bits per heavy atom. The van der Waals surface area contributed by atoms with Gasteiger partial charge in [-0.15, -0.1) is 0 Å². The molecular weight excluding hydrogens is 476 g/mol. The van der Waals surface area contributed by atoms with Crippen molar-refractivity contribution in [2.75, 3.05) is 0 Å². The summed E-state index contributed by atoms with van der Waals surface area (Å²) >= 11 is 0. The van der Waals surface area contributed by atoms with Crippen molar-refractivity contribution >= 4 is 70.3 Å². The minimum Gasteiger partial charge on any atom is -0.456 e. The van der Waals surface area contributed by atoms with Crippen LogP contribution in [0.2, 0.25) is 0 Å². The van der Waals surface area contributed by atoms with E-state index < -0.39 is 9.73 Å². The maximum absolute atomic E-state index is 15.0. The third-order valence-electron chi connectivity index (χ3n) is 7.18. The fourth-order valence-electron chi connectivity index (χ4n) is 5.48. The van der Waals surface area contributed by atoms with Crippen LogP contribution in [0.1, 0.15) is 5.56 Å². The lowest BCUT2D eigenvalue weighted by molar-refractivity contribution is 0.669. The molecule has 0 fully saturated rings. The van der Waals surface area contributed by atoms with Crippen molar-refractivity contribution in [2.45, 2.75) is 4.90 Å². The summed E-state index contributed by atoms with van der Waals surface area (Å²) in [6, 6.07) is 38.1. The highest BCUT2D eigenvalue weighted by Crippen LogP contribution is 2.43. The summed E-state index contributed by atoms with van der Waals surface area (Å²) in [5, 5.41) is 5.00. The zero-order valence-electron chi connectivity index (χ0n) is 19.7. The molecule has 5 heteroatoms. The standard InChI is InChI=1S/C32H20N2O2S/c35-37(22-11-2-1-3-12-22)32(18-21-10-4-7-15-27(21)33-37)34-28-16-8-5-13-23(28)25-19-26-24-14-6-9-17-30(24)36-31(26)20-29(25)34/h1-20H. The Hall–Kier alpha value is -4.61. The Bertz CT molecular complexity index is 2190. The Labute approximate surface area is 213 Å². The van der Waals surface area contributed by atoms with Gasteiger partial charge in [-0.3, -0.25) is 0 Å². The van der Waals surface area contributed by atoms with Gasteiger partial charge in [0.25, 0.3) is 0 Å². The number of rotatable bonds is 2. The van der Waals surface area contributed by atoms with Crippen LogP contribution < -0.4 is 0 Å². The molecule has 0 saturated heterocycles. The Morgan fingerprint density at radius 2 is 1.35 bits per heavy atom. The van der Waals surface area contributed by atoms with Crippen molar-refractivity contribution in [2.24, 2.45) is 4.36 Å². The second-order valence-electron chi connectivity index (χ2n) is 9.29. The second kappa shape index (κ2) is 7.45. The maximum Gasteiger partial charge on any atom is 0.137 e. The van der Waals surface area contributed by atoms with Crippen molar-refractivity contribution < 1.29 is 8.63 Å². The van der Waals surface area contributed by atoms with Crippen LogP contribution in [0.3, 0.4) is 0 Å². The van der Waals surface area contributed by atoms with Crippen LogP contribution in [0, 0.1) is 0 Å². The van der Waals surface area contributed by atoms with Crippen molar-refractivity contribution in [1.82, 2.24) is 4.57 Å². The predicted octanol–water partition coefficient (Wildman–Crippen LogP) is 8.82. The van der Waals surface area contributed by atoms with Crippen molar-refractivity contribution in [3.8, 4) is 0 Å². The molecule has 0 saturated carbocycles. The molecule has 7 aromatic rings. The van der Waals surface area contributed by atoms with Gasteiger partial charge in [-0.1, -0.05) is 72.8 Å². The van der Waals surface area contributed by atoms with E-state index >= 15 is 4.21 Å². The van der Waals surface area contributed by atoms with Gasteiger partial charge in [0.15, 0.2) is 0 Å². The van der Waals surface area contributed by atoms with Crippen LogP contribution in [0.4, 0.5) is 5.69 Å².